The molecule has 0 saturated carbocycles. The van der Waals surface area contributed by atoms with E-state index in [0.29, 0.717) is 13.0 Å². The number of halogens is 10. The van der Waals surface area contributed by atoms with Gasteiger partial charge in [0, 0.05) is 37.3 Å². The van der Waals surface area contributed by atoms with Crippen LogP contribution in [0.4, 0.5) is 26.3 Å². The summed E-state index contributed by atoms with van der Waals surface area (Å²) in [5.74, 6) is -7.94. The van der Waals surface area contributed by atoms with E-state index in [1.807, 2.05) is 0 Å². The van der Waals surface area contributed by atoms with Gasteiger partial charge in [-0.05, 0) is 41.8 Å². The molecule has 0 fully saturated rings. The second-order valence-electron chi connectivity index (χ2n) is 9.03. The Kier molecular flexibility index (Phi) is 11.2. The molecule has 0 aromatic heterocycles. The predicted octanol–water partition coefficient (Wildman–Crippen LogP) is 10.6. The molecule has 0 aliphatic rings. The fraction of sp³-hybridized carbons (Fsp3) is 0.385. The third-order valence-electron chi connectivity index (χ3n) is 5.57. The summed E-state index contributed by atoms with van der Waals surface area (Å²) in [4.78, 5) is 24.4. The lowest BCUT2D eigenvalue weighted by Crippen LogP contribution is -2.21. The van der Waals surface area contributed by atoms with Crippen molar-refractivity contribution in [2.75, 3.05) is 0 Å². The Bertz CT molecular complexity index is 1200. The highest BCUT2D eigenvalue weighted by Gasteiger charge is 2.35. The number of ketones is 2. The molecule has 2 atom stereocenters. The topological polar surface area (TPSA) is 34.1 Å². The average Bonchev–Trinajstić information content (AvgIpc) is 2.77. The highest BCUT2D eigenvalue weighted by molar-refractivity contribution is 6.48. The van der Waals surface area contributed by atoms with E-state index in [0.717, 1.165) is 18.2 Å². The van der Waals surface area contributed by atoms with Crippen molar-refractivity contribution < 1.29 is 35.9 Å². The van der Waals surface area contributed by atoms with Crippen LogP contribution in [0.15, 0.2) is 36.4 Å². The molecule has 208 valence electrons. The largest absolute Gasteiger partial charge is 0.389 e. The Labute approximate surface area is 235 Å². The van der Waals surface area contributed by atoms with E-state index in [2.05, 4.69) is 0 Å². The van der Waals surface area contributed by atoms with Gasteiger partial charge in [-0.15, -0.1) is 0 Å². The number of carbonyl (C=O) groups is 2. The molecule has 38 heavy (non-hydrogen) atoms. The summed E-state index contributed by atoms with van der Waals surface area (Å²) in [7, 11) is 0. The van der Waals surface area contributed by atoms with E-state index >= 15 is 4.39 Å². The average molecular weight is 622 g/mol. The van der Waals surface area contributed by atoms with Gasteiger partial charge in [0.05, 0.1) is 32.4 Å². The third kappa shape index (κ3) is 9.47. The summed E-state index contributed by atoms with van der Waals surface area (Å²) in [6.07, 6.45) is -6.08. The van der Waals surface area contributed by atoms with E-state index in [1.165, 1.54) is 19.1 Å². The number of Topliss-reactive ketones (excluding diaryl/α,β-unsaturated/α-hetero) is 2. The summed E-state index contributed by atoms with van der Waals surface area (Å²) in [6, 6.07) is 5.79. The van der Waals surface area contributed by atoms with Gasteiger partial charge in [-0.25, -0.2) is 13.2 Å². The standard InChI is InChI=1S/C26H22Cl4F6O2/c1-13(7-16(37)5-6-26(34,35)36)8-23(38)17-4-3-14(9-19(17)27)22(31)12-18(25(2,32)33)15-10-20(28)24(30)21(29)11-15/h3-4,9-13,18H,5-8H2,1-2H3/b22-12-/t13-,18?/m1/s1. The molecule has 0 spiro atoms. The van der Waals surface area contributed by atoms with Crippen LogP contribution in [0.3, 0.4) is 0 Å². The molecule has 2 aromatic rings. The monoisotopic (exact) mass is 620 g/mol. The van der Waals surface area contributed by atoms with E-state index in [1.54, 1.807) is 0 Å². The maximum atomic E-state index is 15.1. The van der Waals surface area contributed by atoms with Gasteiger partial charge in [-0.3, -0.25) is 9.59 Å². The Hall–Kier alpha value is -1.74. The molecule has 0 aliphatic carbocycles. The number of benzene rings is 2. The van der Waals surface area contributed by atoms with Crippen molar-refractivity contribution >= 4 is 63.8 Å². The molecule has 1 unspecified atom stereocenters. The van der Waals surface area contributed by atoms with Crippen molar-refractivity contribution in [3.05, 3.63) is 73.2 Å². The van der Waals surface area contributed by atoms with Crippen LogP contribution < -0.4 is 0 Å². The molecule has 2 aromatic carbocycles. The molecular formula is C26H22Cl4F6O2. The van der Waals surface area contributed by atoms with Crippen LogP contribution in [-0.2, 0) is 4.79 Å². The molecule has 2 nitrogen and oxygen atoms in total. The highest BCUT2D eigenvalue weighted by atomic mass is 35.5. The Morgan fingerprint density at radius 3 is 2.00 bits per heavy atom. The predicted molar refractivity (Wildman–Crippen MR) is 138 cm³/mol. The number of alkyl halides is 5. The summed E-state index contributed by atoms with van der Waals surface area (Å²) in [5.41, 5.74) is -0.266. The first-order valence-corrected chi connectivity index (χ1v) is 12.7. The zero-order valence-corrected chi connectivity index (χ0v) is 23.1. The van der Waals surface area contributed by atoms with Crippen LogP contribution in [0.2, 0.25) is 20.1 Å². The molecule has 0 heterocycles. The number of allylic oxidation sites excluding steroid dienone is 1. The first kappa shape index (κ1) is 32.5. The van der Waals surface area contributed by atoms with Gasteiger partial charge in [-0.2, -0.15) is 13.2 Å². The van der Waals surface area contributed by atoms with E-state index in [4.69, 9.17) is 46.4 Å². The van der Waals surface area contributed by atoms with Gasteiger partial charge < -0.3 is 0 Å². The van der Waals surface area contributed by atoms with Crippen LogP contribution in [-0.4, -0.2) is 23.7 Å². The third-order valence-corrected chi connectivity index (χ3v) is 7.08. The van der Waals surface area contributed by atoms with Crippen molar-refractivity contribution in [3.63, 3.8) is 0 Å². The molecule has 0 bridgehead atoms. The van der Waals surface area contributed by atoms with Crippen LogP contribution in [0.5, 0.6) is 0 Å². The highest BCUT2D eigenvalue weighted by Crippen LogP contribution is 2.41. The van der Waals surface area contributed by atoms with Crippen LogP contribution in [0.1, 0.15) is 66.9 Å². The molecule has 2 rings (SSSR count). The number of hydrogen-bond acceptors (Lipinski definition) is 2. The van der Waals surface area contributed by atoms with Gasteiger partial charge in [0.25, 0.3) is 5.92 Å². The van der Waals surface area contributed by atoms with Crippen molar-refractivity contribution in [1.82, 2.24) is 0 Å². The second kappa shape index (κ2) is 13.1. The van der Waals surface area contributed by atoms with Gasteiger partial charge in [0.1, 0.15) is 11.6 Å². The molecule has 0 saturated heterocycles. The van der Waals surface area contributed by atoms with Crippen LogP contribution in [0.25, 0.3) is 5.83 Å². The second-order valence-corrected chi connectivity index (χ2v) is 10.6. The zero-order valence-electron chi connectivity index (χ0n) is 20.0. The number of hydrogen-bond donors (Lipinski definition) is 0. The van der Waals surface area contributed by atoms with Gasteiger partial charge in [0.2, 0.25) is 0 Å². The molecule has 12 heteroatoms. The lowest BCUT2D eigenvalue weighted by Gasteiger charge is -2.22. The van der Waals surface area contributed by atoms with Crippen LogP contribution in [0, 0.1) is 5.92 Å². The van der Waals surface area contributed by atoms with Gasteiger partial charge in [-0.1, -0.05) is 59.4 Å². The number of rotatable bonds is 11. The molecule has 0 aliphatic heterocycles. The minimum Gasteiger partial charge on any atom is -0.300 e. The zero-order chi connectivity index (χ0) is 29.0. The lowest BCUT2D eigenvalue weighted by molar-refractivity contribution is -0.143. The maximum absolute atomic E-state index is 15.1. The van der Waals surface area contributed by atoms with Crippen LogP contribution >= 0.6 is 46.4 Å². The minimum atomic E-state index is -4.45. The van der Waals surface area contributed by atoms with Crippen molar-refractivity contribution in [1.29, 1.82) is 0 Å². The summed E-state index contributed by atoms with van der Waals surface area (Å²) >= 11 is 23.9. The Morgan fingerprint density at radius 1 is 0.921 bits per heavy atom. The Morgan fingerprint density at radius 2 is 1.50 bits per heavy atom. The smallest absolute Gasteiger partial charge is 0.300 e. The summed E-state index contributed by atoms with van der Waals surface area (Å²) in [5, 5.41) is -0.366. The Balaban J connectivity index is 2.21. The maximum Gasteiger partial charge on any atom is 0.389 e. The first-order valence-electron chi connectivity index (χ1n) is 11.2. The normalized spacial score (nSPS) is 14.4. The van der Waals surface area contributed by atoms with Gasteiger partial charge >= 0.3 is 6.18 Å². The number of carbonyl (C=O) groups excluding carboxylic acids is 2. The fourth-order valence-electron chi connectivity index (χ4n) is 3.69. The molecule has 0 N–H and O–H groups in total. The SMILES string of the molecule is C[C@H](CC(=O)CCC(F)(F)F)CC(=O)c1ccc(/C(F)=C/C(c2cc(Cl)c(Cl)c(Cl)c2)C(C)(F)F)cc1Cl. The quantitative estimate of drug-likeness (QED) is 0.142. The van der Waals surface area contributed by atoms with Gasteiger partial charge in [0.15, 0.2) is 5.78 Å². The van der Waals surface area contributed by atoms with E-state index in [-0.39, 0.29) is 49.6 Å². The lowest BCUT2D eigenvalue weighted by atomic mass is 9.91. The first-order chi connectivity index (χ1) is 17.4. The molecule has 0 amide bonds. The summed E-state index contributed by atoms with van der Waals surface area (Å²) < 4.78 is 80.7. The van der Waals surface area contributed by atoms with Crippen molar-refractivity contribution in [3.8, 4) is 0 Å². The summed E-state index contributed by atoms with van der Waals surface area (Å²) in [6.45, 7) is 2.13. The molecular weight excluding hydrogens is 600 g/mol. The minimum absolute atomic E-state index is 0.00792. The van der Waals surface area contributed by atoms with E-state index < -0.39 is 54.2 Å². The van der Waals surface area contributed by atoms with Crippen molar-refractivity contribution in [2.45, 2.75) is 57.5 Å². The fourth-order valence-corrected chi connectivity index (χ4v) is 4.59. The van der Waals surface area contributed by atoms with Crippen molar-refractivity contribution in [2.24, 2.45) is 5.92 Å². The molecule has 0 radical (unpaired) electrons. The van der Waals surface area contributed by atoms with E-state index in [9.17, 15) is 31.5 Å².